The Morgan fingerprint density at radius 3 is 2.57 bits per heavy atom. The van der Waals surface area contributed by atoms with Crippen LogP contribution in [0.15, 0.2) is 12.3 Å². The fourth-order valence-electron chi connectivity index (χ4n) is 2.26. The lowest BCUT2D eigenvalue weighted by molar-refractivity contribution is -0.137. The summed E-state index contributed by atoms with van der Waals surface area (Å²) in [6.45, 7) is 3.73. The molecule has 0 atom stereocenters. The van der Waals surface area contributed by atoms with E-state index in [-0.39, 0.29) is 10.9 Å². The summed E-state index contributed by atoms with van der Waals surface area (Å²) in [5.41, 5.74) is -0.864. The van der Waals surface area contributed by atoms with Gasteiger partial charge in [-0.1, -0.05) is 11.6 Å². The molecule has 1 aliphatic heterocycles. The number of anilines is 1. The van der Waals surface area contributed by atoms with Gasteiger partial charge < -0.3 is 9.80 Å². The molecule has 2 rings (SSSR count). The molecule has 8 heteroatoms. The van der Waals surface area contributed by atoms with Gasteiger partial charge in [0.05, 0.1) is 10.6 Å². The molecule has 0 spiro atoms. The minimum absolute atomic E-state index is 0.0108. The zero-order chi connectivity index (χ0) is 15.6. The van der Waals surface area contributed by atoms with Gasteiger partial charge in [0.15, 0.2) is 0 Å². The maximum atomic E-state index is 12.6. The van der Waals surface area contributed by atoms with Crippen LogP contribution < -0.4 is 4.90 Å². The van der Waals surface area contributed by atoms with Crippen LogP contribution in [0.1, 0.15) is 18.9 Å². The molecule has 116 valence electrons. The Bertz CT molecular complexity index is 536. The van der Waals surface area contributed by atoms with Crippen molar-refractivity contribution in [3.05, 3.63) is 22.8 Å². The third-order valence-electron chi connectivity index (χ3n) is 3.39. The second-order valence-electron chi connectivity index (χ2n) is 4.87. The van der Waals surface area contributed by atoms with E-state index in [9.17, 15) is 18.0 Å². The molecule has 0 aliphatic carbocycles. The predicted octanol–water partition coefficient (Wildman–Crippen LogP) is 2.81. The molecule has 0 unspecified atom stereocenters. The van der Waals surface area contributed by atoms with E-state index in [1.165, 1.54) is 6.92 Å². The lowest BCUT2D eigenvalue weighted by atomic mass is 10.2. The fraction of sp³-hybridized carbons (Fsp3) is 0.538. The van der Waals surface area contributed by atoms with Crippen LogP contribution in [0.2, 0.25) is 5.02 Å². The van der Waals surface area contributed by atoms with E-state index in [0.717, 1.165) is 18.7 Å². The molecular formula is C13H15ClF3N3O. The highest BCUT2D eigenvalue weighted by Gasteiger charge is 2.32. The van der Waals surface area contributed by atoms with E-state index < -0.39 is 11.7 Å². The van der Waals surface area contributed by atoms with Crippen molar-refractivity contribution in [2.24, 2.45) is 0 Å². The number of halogens is 4. The van der Waals surface area contributed by atoms with Crippen molar-refractivity contribution in [2.45, 2.75) is 19.5 Å². The Hall–Kier alpha value is -1.50. The highest BCUT2D eigenvalue weighted by molar-refractivity contribution is 6.33. The quantitative estimate of drug-likeness (QED) is 0.798. The van der Waals surface area contributed by atoms with Crippen molar-refractivity contribution in [3.63, 3.8) is 0 Å². The first-order valence-corrected chi connectivity index (χ1v) is 6.90. The number of amides is 1. The molecule has 0 bridgehead atoms. The zero-order valence-corrected chi connectivity index (χ0v) is 12.2. The van der Waals surface area contributed by atoms with Crippen LogP contribution in [0.4, 0.5) is 19.0 Å². The van der Waals surface area contributed by atoms with Crippen molar-refractivity contribution in [1.82, 2.24) is 9.88 Å². The Morgan fingerprint density at radius 2 is 2.00 bits per heavy atom. The molecule has 21 heavy (non-hydrogen) atoms. The average molecular weight is 322 g/mol. The number of pyridine rings is 1. The Kier molecular flexibility index (Phi) is 4.61. The molecule has 1 saturated heterocycles. The molecule has 1 amide bonds. The van der Waals surface area contributed by atoms with Gasteiger partial charge in [0.1, 0.15) is 5.82 Å². The molecule has 1 aromatic rings. The average Bonchev–Trinajstić information content (AvgIpc) is 2.63. The highest BCUT2D eigenvalue weighted by Crippen LogP contribution is 2.33. The number of carbonyl (C=O) groups is 1. The van der Waals surface area contributed by atoms with Crippen LogP contribution in [0.3, 0.4) is 0 Å². The summed E-state index contributed by atoms with van der Waals surface area (Å²) in [5, 5.41) is -0.0268. The van der Waals surface area contributed by atoms with Crippen molar-refractivity contribution in [3.8, 4) is 0 Å². The van der Waals surface area contributed by atoms with Crippen LogP contribution in [0, 0.1) is 0 Å². The van der Waals surface area contributed by atoms with Gasteiger partial charge in [0, 0.05) is 39.3 Å². The van der Waals surface area contributed by atoms with Crippen LogP contribution in [-0.4, -0.2) is 42.0 Å². The summed E-state index contributed by atoms with van der Waals surface area (Å²) in [5.74, 6) is 0.318. The summed E-state index contributed by atoms with van der Waals surface area (Å²) in [7, 11) is 0. The van der Waals surface area contributed by atoms with Gasteiger partial charge in [-0.25, -0.2) is 4.98 Å². The molecular weight excluding hydrogens is 307 g/mol. The van der Waals surface area contributed by atoms with Crippen LogP contribution in [0.25, 0.3) is 0 Å². The van der Waals surface area contributed by atoms with Gasteiger partial charge >= 0.3 is 6.18 Å². The number of alkyl halides is 3. The van der Waals surface area contributed by atoms with E-state index in [2.05, 4.69) is 4.98 Å². The topological polar surface area (TPSA) is 36.4 Å². The van der Waals surface area contributed by atoms with Crippen molar-refractivity contribution in [2.75, 3.05) is 31.1 Å². The van der Waals surface area contributed by atoms with Gasteiger partial charge in [-0.2, -0.15) is 13.2 Å². The Labute approximate surface area is 125 Å². The normalized spacial score (nSPS) is 16.8. The lowest BCUT2D eigenvalue weighted by Crippen LogP contribution is -2.34. The minimum Gasteiger partial charge on any atom is -0.354 e. The summed E-state index contributed by atoms with van der Waals surface area (Å²) in [4.78, 5) is 18.7. The zero-order valence-electron chi connectivity index (χ0n) is 11.5. The van der Waals surface area contributed by atoms with Crippen LogP contribution >= 0.6 is 11.6 Å². The molecule has 0 aromatic carbocycles. The lowest BCUT2D eigenvalue weighted by Gasteiger charge is -2.23. The molecule has 1 aliphatic rings. The SMILES string of the molecule is CC(=O)N1CCCN(c2ncc(C(F)(F)F)cc2Cl)CC1. The second-order valence-corrected chi connectivity index (χ2v) is 5.28. The van der Waals surface area contributed by atoms with E-state index in [1.54, 1.807) is 4.90 Å². The monoisotopic (exact) mass is 321 g/mol. The maximum Gasteiger partial charge on any atom is 0.417 e. The minimum atomic E-state index is -4.46. The fourth-order valence-corrected chi connectivity index (χ4v) is 2.55. The van der Waals surface area contributed by atoms with Crippen molar-refractivity contribution in [1.29, 1.82) is 0 Å². The third kappa shape index (κ3) is 3.78. The maximum absolute atomic E-state index is 12.6. The van der Waals surface area contributed by atoms with Crippen LogP contribution in [-0.2, 0) is 11.0 Å². The number of carbonyl (C=O) groups excluding carboxylic acids is 1. The summed E-state index contributed by atoms with van der Waals surface area (Å²) < 4.78 is 37.8. The molecule has 0 saturated carbocycles. The summed E-state index contributed by atoms with van der Waals surface area (Å²) in [6, 6.07) is 0.886. The van der Waals surface area contributed by atoms with Gasteiger partial charge in [-0.15, -0.1) is 0 Å². The van der Waals surface area contributed by atoms with E-state index in [4.69, 9.17) is 11.6 Å². The standard InChI is InChI=1S/C13H15ClF3N3O/c1-9(21)19-3-2-4-20(6-5-19)12-11(14)7-10(8-18-12)13(15,16)17/h7-8H,2-6H2,1H3. The third-order valence-corrected chi connectivity index (χ3v) is 3.67. The van der Waals surface area contributed by atoms with E-state index >= 15 is 0 Å². The van der Waals surface area contributed by atoms with Gasteiger partial charge in [-0.3, -0.25) is 4.79 Å². The number of nitrogens with zero attached hydrogens (tertiary/aromatic N) is 3. The largest absolute Gasteiger partial charge is 0.417 e. The molecule has 1 aromatic heterocycles. The number of hydrogen-bond acceptors (Lipinski definition) is 3. The first kappa shape index (κ1) is 15.9. The predicted molar refractivity (Wildman–Crippen MR) is 73.3 cm³/mol. The molecule has 4 nitrogen and oxygen atoms in total. The molecule has 1 fully saturated rings. The van der Waals surface area contributed by atoms with Crippen molar-refractivity contribution < 1.29 is 18.0 Å². The van der Waals surface area contributed by atoms with Crippen molar-refractivity contribution >= 4 is 23.3 Å². The van der Waals surface area contributed by atoms with Gasteiger partial charge in [0.2, 0.25) is 5.91 Å². The Balaban J connectivity index is 2.17. The first-order valence-electron chi connectivity index (χ1n) is 6.52. The van der Waals surface area contributed by atoms with Crippen LogP contribution in [0.5, 0.6) is 0 Å². The highest BCUT2D eigenvalue weighted by atomic mass is 35.5. The molecule has 2 heterocycles. The summed E-state index contributed by atoms with van der Waals surface area (Å²) in [6.07, 6.45) is -2.95. The Morgan fingerprint density at radius 1 is 1.29 bits per heavy atom. The number of aromatic nitrogens is 1. The number of hydrogen-bond donors (Lipinski definition) is 0. The molecule has 0 radical (unpaired) electrons. The van der Waals surface area contributed by atoms with Gasteiger partial charge in [0.25, 0.3) is 0 Å². The first-order chi connectivity index (χ1) is 9.79. The van der Waals surface area contributed by atoms with Gasteiger partial charge in [-0.05, 0) is 12.5 Å². The van der Waals surface area contributed by atoms with E-state index in [1.807, 2.05) is 4.90 Å². The number of rotatable bonds is 1. The van der Waals surface area contributed by atoms with E-state index in [0.29, 0.717) is 32.0 Å². The molecule has 0 N–H and O–H groups in total. The summed E-state index contributed by atoms with van der Waals surface area (Å²) >= 11 is 5.94. The smallest absolute Gasteiger partial charge is 0.354 e. The second kappa shape index (κ2) is 6.09.